The Morgan fingerprint density at radius 2 is 1.45 bits per heavy atom. The van der Waals surface area contributed by atoms with E-state index in [0.717, 1.165) is 29.0 Å². The van der Waals surface area contributed by atoms with Crippen molar-refractivity contribution in [2.75, 3.05) is 0 Å². The molecule has 0 bridgehead atoms. The first-order valence-corrected chi connectivity index (χ1v) is 8.90. The van der Waals surface area contributed by atoms with Gasteiger partial charge in [-0.2, -0.15) is 13.2 Å². The number of rotatable bonds is 5. The second-order valence-electron chi connectivity index (χ2n) is 6.45. The molecule has 0 N–H and O–H groups in total. The van der Waals surface area contributed by atoms with Crippen molar-refractivity contribution in [3.8, 4) is 28.3 Å². The van der Waals surface area contributed by atoms with Crippen LogP contribution in [-0.2, 0) is 12.8 Å². The van der Waals surface area contributed by atoms with Crippen LogP contribution in [0.4, 0.5) is 13.2 Å². The van der Waals surface area contributed by atoms with Gasteiger partial charge in [0.25, 0.3) is 0 Å². The zero-order valence-electron chi connectivity index (χ0n) is 15.2. The fourth-order valence-electron chi connectivity index (χ4n) is 2.83. The summed E-state index contributed by atoms with van der Waals surface area (Å²) >= 11 is 0. The lowest BCUT2D eigenvalue weighted by Gasteiger charge is -2.06. The van der Waals surface area contributed by atoms with Crippen molar-refractivity contribution in [3.05, 3.63) is 96.1 Å². The van der Waals surface area contributed by atoms with Crippen LogP contribution in [0.25, 0.3) is 22.6 Å². The van der Waals surface area contributed by atoms with E-state index < -0.39 is 11.7 Å². The molecule has 1 heterocycles. The van der Waals surface area contributed by atoms with E-state index in [1.54, 1.807) is 6.07 Å². The Kier molecular flexibility index (Phi) is 5.08. The quantitative estimate of drug-likeness (QED) is 0.382. The highest BCUT2D eigenvalue weighted by atomic mass is 19.4. The van der Waals surface area contributed by atoms with Gasteiger partial charge in [0.1, 0.15) is 18.1 Å². The maximum Gasteiger partial charge on any atom is 0.416 e. The molecule has 0 fully saturated rings. The normalized spacial score (nSPS) is 11.4. The highest BCUT2D eigenvalue weighted by Crippen LogP contribution is 2.32. The van der Waals surface area contributed by atoms with E-state index in [-0.39, 0.29) is 0 Å². The number of alkyl halides is 3. The molecule has 4 aromatic rings. The number of hydrogen-bond donors (Lipinski definition) is 0. The smallest absolute Gasteiger partial charge is 0.416 e. The number of benzene rings is 3. The van der Waals surface area contributed by atoms with Crippen molar-refractivity contribution in [3.63, 3.8) is 0 Å². The Labute approximate surface area is 165 Å². The van der Waals surface area contributed by atoms with E-state index >= 15 is 0 Å². The minimum atomic E-state index is -4.37. The Balaban J connectivity index is 1.45. The minimum absolute atomic E-state index is 0.401. The SMILES string of the molecule is FC(F)(F)c1ccc(-c2cc(-c3ccc(OCc4ccccc4)cc3)no2)cc1. The molecule has 0 saturated carbocycles. The summed E-state index contributed by atoms with van der Waals surface area (Å²) in [5.41, 5.74) is 2.31. The third-order valence-electron chi connectivity index (χ3n) is 4.41. The predicted molar refractivity (Wildman–Crippen MR) is 103 cm³/mol. The van der Waals surface area contributed by atoms with Crippen LogP contribution in [-0.4, -0.2) is 5.16 Å². The summed E-state index contributed by atoms with van der Waals surface area (Å²) < 4.78 is 49.1. The van der Waals surface area contributed by atoms with Crippen LogP contribution >= 0.6 is 0 Å². The predicted octanol–water partition coefficient (Wildman–Crippen LogP) is 6.61. The summed E-state index contributed by atoms with van der Waals surface area (Å²) in [6, 6.07) is 23.7. The van der Waals surface area contributed by atoms with Gasteiger partial charge in [0.2, 0.25) is 0 Å². The molecule has 0 amide bonds. The number of ether oxygens (including phenoxy) is 1. The molecule has 0 saturated heterocycles. The first kappa shape index (κ1) is 18.8. The molecule has 4 rings (SSSR count). The Hall–Kier alpha value is -3.54. The van der Waals surface area contributed by atoms with E-state index in [1.165, 1.54) is 12.1 Å². The first-order valence-electron chi connectivity index (χ1n) is 8.90. The average molecular weight is 395 g/mol. The number of nitrogens with zero attached hydrogens (tertiary/aromatic N) is 1. The summed E-state index contributed by atoms with van der Waals surface area (Å²) in [6.45, 7) is 0.474. The molecule has 0 aliphatic carbocycles. The lowest BCUT2D eigenvalue weighted by molar-refractivity contribution is -0.137. The van der Waals surface area contributed by atoms with Gasteiger partial charge in [0, 0.05) is 17.2 Å². The van der Waals surface area contributed by atoms with Gasteiger partial charge in [-0.15, -0.1) is 0 Å². The van der Waals surface area contributed by atoms with Gasteiger partial charge < -0.3 is 9.26 Å². The third-order valence-corrected chi connectivity index (χ3v) is 4.41. The lowest BCUT2D eigenvalue weighted by atomic mass is 10.1. The van der Waals surface area contributed by atoms with Crippen LogP contribution in [0.1, 0.15) is 11.1 Å². The van der Waals surface area contributed by atoms with E-state index in [9.17, 15) is 13.2 Å². The Bertz CT molecular complexity index is 1070. The van der Waals surface area contributed by atoms with Crippen LogP contribution in [0.3, 0.4) is 0 Å². The molecule has 0 unspecified atom stereocenters. The molecule has 3 nitrogen and oxygen atoms in total. The van der Waals surface area contributed by atoms with Crippen molar-refractivity contribution >= 4 is 0 Å². The highest BCUT2D eigenvalue weighted by Gasteiger charge is 2.30. The minimum Gasteiger partial charge on any atom is -0.489 e. The second-order valence-corrected chi connectivity index (χ2v) is 6.45. The Morgan fingerprint density at radius 1 is 0.793 bits per heavy atom. The topological polar surface area (TPSA) is 35.3 Å². The van der Waals surface area contributed by atoms with Gasteiger partial charge in [-0.1, -0.05) is 47.6 Å². The van der Waals surface area contributed by atoms with Crippen LogP contribution < -0.4 is 4.74 Å². The summed E-state index contributed by atoms with van der Waals surface area (Å²) in [5, 5.41) is 4.02. The first-order chi connectivity index (χ1) is 14.0. The zero-order valence-corrected chi connectivity index (χ0v) is 15.2. The fourth-order valence-corrected chi connectivity index (χ4v) is 2.83. The van der Waals surface area contributed by atoms with Crippen molar-refractivity contribution in [2.45, 2.75) is 12.8 Å². The van der Waals surface area contributed by atoms with Crippen LogP contribution in [0, 0.1) is 0 Å². The van der Waals surface area contributed by atoms with Gasteiger partial charge in [-0.3, -0.25) is 0 Å². The molecule has 3 aromatic carbocycles. The van der Waals surface area contributed by atoms with Crippen LogP contribution in [0.5, 0.6) is 5.75 Å². The molecule has 0 aliphatic heterocycles. The molecule has 29 heavy (non-hydrogen) atoms. The highest BCUT2D eigenvalue weighted by molar-refractivity contribution is 5.67. The van der Waals surface area contributed by atoms with Gasteiger partial charge in [0.15, 0.2) is 5.76 Å². The van der Waals surface area contributed by atoms with Gasteiger partial charge >= 0.3 is 6.18 Å². The van der Waals surface area contributed by atoms with E-state index in [0.29, 0.717) is 23.6 Å². The molecular weight excluding hydrogens is 379 g/mol. The molecular formula is C23H16F3NO2. The average Bonchev–Trinajstić information content (AvgIpc) is 3.23. The molecule has 6 heteroatoms. The molecule has 0 aliphatic rings. The Morgan fingerprint density at radius 3 is 2.10 bits per heavy atom. The maximum atomic E-state index is 12.7. The number of aromatic nitrogens is 1. The fraction of sp³-hybridized carbons (Fsp3) is 0.0870. The van der Waals surface area contributed by atoms with Gasteiger partial charge in [0.05, 0.1) is 5.56 Å². The summed E-state index contributed by atoms with van der Waals surface area (Å²) in [5.74, 6) is 1.13. The number of hydrogen-bond acceptors (Lipinski definition) is 3. The molecule has 0 spiro atoms. The monoisotopic (exact) mass is 395 g/mol. The van der Waals surface area contributed by atoms with Crippen LogP contribution in [0.15, 0.2) is 89.5 Å². The molecule has 0 atom stereocenters. The third kappa shape index (κ3) is 4.48. The second kappa shape index (κ2) is 7.83. The molecule has 1 aromatic heterocycles. The van der Waals surface area contributed by atoms with E-state index in [1.807, 2.05) is 54.6 Å². The van der Waals surface area contributed by atoms with Gasteiger partial charge in [-0.05, 0) is 42.0 Å². The molecule has 0 radical (unpaired) electrons. The van der Waals surface area contributed by atoms with E-state index in [2.05, 4.69) is 5.16 Å². The summed E-state index contributed by atoms with van der Waals surface area (Å²) in [4.78, 5) is 0. The van der Waals surface area contributed by atoms with Crippen molar-refractivity contribution < 1.29 is 22.4 Å². The zero-order chi connectivity index (χ0) is 20.3. The largest absolute Gasteiger partial charge is 0.489 e. The van der Waals surface area contributed by atoms with Gasteiger partial charge in [-0.25, -0.2) is 0 Å². The maximum absolute atomic E-state index is 12.7. The van der Waals surface area contributed by atoms with Crippen molar-refractivity contribution in [2.24, 2.45) is 0 Å². The standard InChI is InChI=1S/C23H16F3NO2/c24-23(25,26)19-10-6-18(7-11-19)22-14-21(27-29-22)17-8-12-20(13-9-17)28-15-16-4-2-1-3-5-16/h1-14H,15H2. The number of halogens is 3. The van der Waals surface area contributed by atoms with E-state index in [4.69, 9.17) is 9.26 Å². The van der Waals surface area contributed by atoms with Crippen molar-refractivity contribution in [1.82, 2.24) is 5.16 Å². The summed E-state index contributed by atoms with van der Waals surface area (Å²) in [7, 11) is 0. The van der Waals surface area contributed by atoms with Crippen molar-refractivity contribution in [1.29, 1.82) is 0 Å². The molecule has 146 valence electrons. The van der Waals surface area contributed by atoms with Crippen LogP contribution in [0.2, 0.25) is 0 Å². The lowest BCUT2D eigenvalue weighted by Crippen LogP contribution is -2.03. The summed E-state index contributed by atoms with van der Waals surface area (Å²) in [6.07, 6.45) is -4.37.